The van der Waals surface area contributed by atoms with Crippen LogP contribution in [0.25, 0.3) is 0 Å². The van der Waals surface area contributed by atoms with Crippen LogP contribution in [0.4, 0.5) is 0 Å². The molecule has 0 heterocycles. The van der Waals surface area contributed by atoms with E-state index in [1.54, 1.807) is 0 Å². The van der Waals surface area contributed by atoms with Crippen LogP contribution in [-0.4, -0.2) is 33.5 Å². The molecule has 0 spiro atoms. The Morgan fingerprint density at radius 3 is 2.76 bits per heavy atom. The van der Waals surface area contributed by atoms with E-state index < -0.39 is 5.97 Å². The molecule has 3 fully saturated rings. The molecule has 3 saturated carbocycles. The van der Waals surface area contributed by atoms with Crippen LogP contribution in [0.1, 0.15) is 58.3 Å². The molecule has 0 aromatic carbocycles. The topological polar surface area (TPSA) is 77.8 Å². The fourth-order valence-corrected chi connectivity index (χ4v) is 5.08. The fraction of sp³-hybridized carbons (Fsp3) is 0.762. The van der Waals surface area contributed by atoms with Gasteiger partial charge in [0.15, 0.2) is 0 Å². The van der Waals surface area contributed by atoms with Crippen LogP contribution >= 0.6 is 0 Å². The summed E-state index contributed by atoms with van der Waals surface area (Å²) >= 11 is 0. The summed E-state index contributed by atoms with van der Waals surface area (Å²) in [5, 5.41) is 29.5. The van der Waals surface area contributed by atoms with Crippen molar-refractivity contribution in [3.63, 3.8) is 0 Å². The number of carboxylic acid groups (broad SMARTS) is 1. The first-order chi connectivity index (χ1) is 12.0. The van der Waals surface area contributed by atoms with Gasteiger partial charge in [-0.05, 0) is 68.6 Å². The summed E-state index contributed by atoms with van der Waals surface area (Å²) in [5.41, 5.74) is 1.43. The summed E-state index contributed by atoms with van der Waals surface area (Å²) in [6.45, 7) is 2.20. The van der Waals surface area contributed by atoms with Crippen LogP contribution in [0.2, 0.25) is 0 Å². The van der Waals surface area contributed by atoms with Crippen molar-refractivity contribution in [2.24, 2.45) is 29.6 Å². The highest BCUT2D eigenvalue weighted by Crippen LogP contribution is 2.50. The minimum absolute atomic E-state index is 0.153. The van der Waals surface area contributed by atoms with E-state index in [4.69, 9.17) is 5.11 Å². The Balaban J connectivity index is 1.53. The van der Waals surface area contributed by atoms with Crippen LogP contribution in [-0.2, 0) is 4.79 Å². The molecule has 140 valence electrons. The van der Waals surface area contributed by atoms with Crippen molar-refractivity contribution in [2.75, 3.05) is 0 Å². The average molecular weight is 348 g/mol. The quantitative estimate of drug-likeness (QED) is 0.486. The number of aliphatic hydroxyl groups is 2. The molecule has 0 amide bonds. The molecule has 2 unspecified atom stereocenters. The van der Waals surface area contributed by atoms with Crippen molar-refractivity contribution < 1.29 is 20.1 Å². The van der Waals surface area contributed by atoms with E-state index in [1.165, 1.54) is 12.0 Å². The van der Waals surface area contributed by atoms with Gasteiger partial charge in [0.1, 0.15) is 0 Å². The first kappa shape index (κ1) is 18.7. The van der Waals surface area contributed by atoms with Crippen molar-refractivity contribution >= 4 is 5.97 Å². The van der Waals surface area contributed by atoms with Gasteiger partial charge in [0.25, 0.3) is 0 Å². The second-order valence-corrected chi connectivity index (χ2v) is 8.45. The summed E-state index contributed by atoms with van der Waals surface area (Å²) in [7, 11) is 0. The second kappa shape index (κ2) is 8.05. The normalized spacial score (nSPS) is 40.4. The molecule has 3 aliphatic carbocycles. The molecular weight excluding hydrogens is 316 g/mol. The number of hydrogen-bond acceptors (Lipinski definition) is 3. The number of allylic oxidation sites excluding steroid dienone is 2. The van der Waals surface area contributed by atoms with Gasteiger partial charge in [-0.25, -0.2) is 0 Å². The zero-order chi connectivity index (χ0) is 18.0. The van der Waals surface area contributed by atoms with E-state index in [9.17, 15) is 15.0 Å². The molecule has 0 saturated heterocycles. The summed E-state index contributed by atoms with van der Waals surface area (Å²) in [4.78, 5) is 10.6. The number of carboxylic acids is 1. The van der Waals surface area contributed by atoms with E-state index in [1.807, 2.05) is 6.08 Å². The Morgan fingerprint density at radius 1 is 1.32 bits per heavy atom. The van der Waals surface area contributed by atoms with Crippen molar-refractivity contribution in [3.05, 3.63) is 23.8 Å². The van der Waals surface area contributed by atoms with Crippen molar-refractivity contribution in [2.45, 2.75) is 70.5 Å². The van der Waals surface area contributed by atoms with Gasteiger partial charge in [-0.3, -0.25) is 4.79 Å². The fourth-order valence-electron chi connectivity index (χ4n) is 5.08. The lowest BCUT2D eigenvalue weighted by molar-refractivity contribution is -0.137. The average Bonchev–Trinajstić information content (AvgIpc) is 3.04. The Bertz CT molecular complexity index is 538. The minimum Gasteiger partial charge on any atom is -0.481 e. The van der Waals surface area contributed by atoms with Gasteiger partial charge in [0, 0.05) is 12.3 Å². The Kier molecular flexibility index (Phi) is 6.00. The molecule has 3 aliphatic rings. The third kappa shape index (κ3) is 4.35. The molecule has 0 aromatic heterocycles. The van der Waals surface area contributed by atoms with Gasteiger partial charge in [0.05, 0.1) is 12.2 Å². The molecule has 3 rings (SSSR count). The Morgan fingerprint density at radius 2 is 2.12 bits per heavy atom. The zero-order valence-corrected chi connectivity index (χ0v) is 15.2. The number of aliphatic hydroxyl groups excluding tert-OH is 2. The van der Waals surface area contributed by atoms with Gasteiger partial charge in [0.2, 0.25) is 0 Å². The molecule has 25 heavy (non-hydrogen) atoms. The molecule has 0 aliphatic heterocycles. The number of fused-ring (bicyclic) bond motifs is 1. The first-order valence-electron chi connectivity index (χ1n) is 9.90. The summed E-state index contributed by atoms with van der Waals surface area (Å²) in [5.74, 6) is 1.43. The highest BCUT2D eigenvalue weighted by Gasteiger charge is 2.45. The van der Waals surface area contributed by atoms with Crippen molar-refractivity contribution in [1.82, 2.24) is 0 Å². The third-order valence-electron chi connectivity index (χ3n) is 6.79. The van der Waals surface area contributed by atoms with Crippen molar-refractivity contribution in [3.8, 4) is 0 Å². The van der Waals surface area contributed by atoms with Gasteiger partial charge in [-0.2, -0.15) is 0 Å². The standard InChI is InChI=1S/C21H32O4/c1-13-6-7-16(13)19(22)9-8-17-18-11-14(4-2-3-5-21(24)25)10-15(18)12-20(17)23/h4,8-9,13,15-20,22-23H,2-3,5-7,10-12H2,1H3,(H,24,25)/b9-8+,14-4+/t13?,15-,16?,17-,18+,19+,20-/m1/s1. The largest absolute Gasteiger partial charge is 0.481 e. The summed E-state index contributed by atoms with van der Waals surface area (Å²) in [6, 6.07) is 0. The number of aliphatic carboxylic acids is 1. The maximum atomic E-state index is 10.6. The lowest BCUT2D eigenvalue weighted by Crippen LogP contribution is -2.33. The molecule has 0 bridgehead atoms. The van der Waals surface area contributed by atoms with E-state index in [-0.39, 0.29) is 24.5 Å². The molecule has 0 radical (unpaired) electrons. The SMILES string of the molecule is CC1CCC1[C@@H](O)/C=C/[C@@H]1[C@H]2C/C(=C/CCCC(=O)O)C[C@@H]2C[C@H]1O. The monoisotopic (exact) mass is 348 g/mol. The second-order valence-electron chi connectivity index (χ2n) is 8.45. The number of unbranched alkanes of at least 4 members (excludes halogenated alkanes) is 1. The van der Waals surface area contributed by atoms with E-state index >= 15 is 0 Å². The number of rotatable bonds is 7. The van der Waals surface area contributed by atoms with E-state index in [2.05, 4.69) is 19.1 Å². The Labute approximate surface area is 150 Å². The van der Waals surface area contributed by atoms with Crippen LogP contribution in [0.5, 0.6) is 0 Å². The Hall–Kier alpha value is -1.13. The molecule has 4 nitrogen and oxygen atoms in total. The number of hydrogen-bond donors (Lipinski definition) is 3. The summed E-state index contributed by atoms with van der Waals surface area (Å²) in [6.07, 6.45) is 12.6. The molecule has 7 atom stereocenters. The van der Waals surface area contributed by atoms with Gasteiger partial charge in [-0.15, -0.1) is 0 Å². The number of carbonyl (C=O) groups is 1. The smallest absolute Gasteiger partial charge is 0.303 e. The first-order valence-corrected chi connectivity index (χ1v) is 9.90. The maximum Gasteiger partial charge on any atom is 0.303 e. The van der Waals surface area contributed by atoms with Crippen LogP contribution in [0, 0.1) is 29.6 Å². The van der Waals surface area contributed by atoms with E-state index in [0.29, 0.717) is 30.1 Å². The van der Waals surface area contributed by atoms with Crippen LogP contribution in [0.15, 0.2) is 23.8 Å². The maximum absolute atomic E-state index is 10.6. The molecular formula is C21H32O4. The van der Waals surface area contributed by atoms with E-state index in [0.717, 1.165) is 32.1 Å². The minimum atomic E-state index is -0.727. The molecule has 4 heteroatoms. The predicted molar refractivity (Wildman–Crippen MR) is 96.9 cm³/mol. The molecule has 0 aromatic rings. The molecule has 3 N–H and O–H groups in total. The van der Waals surface area contributed by atoms with Gasteiger partial charge in [-0.1, -0.05) is 30.7 Å². The van der Waals surface area contributed by atoms with Gasteiger partial charge < -0.3 is 15.3 Å². The van der Waals surface area contributed by atoms with Crippen LogP contribution in [0.3, 0.4) is 0 Å². The van der Waals surface area contributed by atoms with Crippen LogP contribution < -0.4 is 0 Å². The summed E-state index contributed by atoms with van der Waals surface area (Å²) < 4.78 is 0. The van der Waals surface area contributed by atoms with Gasteiger partial charge >= 0.3 is 5.97 Å². The predicted octanol–water partition coefficient (Wildman–Crippen LogP) is 3.54. The third-order valence-corrected chi connectivity index (χ3v) is 6.79. The highest BCUT2D eigenvalue weighted by atomic mass is 16.4. The van der Waals surface area contributed by atoms with Crippen molar-refractivity contribution in [1.29, 1.82) is 0 Å². The lowest BCUT2D eigenvalue weighted by Gasteiger charge is -2.36. The lowest BCUT2D eigenvalue weighted by atomic mass is 9.71. The zero-order valence-electron chi connectivity index (χ0n) is 15.2. The highest BCUT2D eigenvalue weighted by molar-refractivity contribution is 5.66.